The van der Waals surface area contributed by atoms with Gasteiger partial charge in [-0.2, -0.15) is 0 Å². The lowest BCUT2D eigenvalue weighted by Crippen LogP contribution is -2.41. The molecule has 3 nitrogen and oxygen atoms in total. The molecule has 1 aromatic carbocycles. The molecule has 1 rings (SSSR count). The zero-order valence-corrected chi connectivity index (χ0v) is 9.45. The molecule has 0 bridgehead atoms. The van der Waals surface area contributed by atoms with E-state index >= 15 is 0 Å². The Morgan fingerprint density at radius 1 is 1.53 bits per heavy atom. The van der Waals surface area contributed by atoms with E-state index in [9.17, 15) is 9.18 Å². The average molecular weight is 234 g/mol. The molecule has 0 fully saturated rings. The molecule has 1 amide bonds. The van der Waals surface area contributed by atoms with Crippen LogP contribution in [-0.2, 0) is 11.2 Å². The van der Waals surface area contributed by atoms with Crippen molar-refractivity contribution in [2.45, 2.75) is 18.9 Å². The zero-order chi connectivity index (χ0) is 12.7. The first-order chi connectivity index (χ1) is 8.15. The number of carbonyl (C=O) groups is 1. The van der Waals surface area contributed by atoms with Crippen LogP contribution < -0.4 is 11.1 Å². The number of hydrogen-bond donors (Lipinski definition) is 2. The third-order valence-electron chi connectivity index (χ3n) is 2.33. The number of amides is 1. The summed E-state index contributed by atoms with van der Waals surface area (Å²) in [5, 5.41) is 2.62. The zero-order valence-electron chi connectivity index (χ0n) is 9.45. The molecule has 0 aliphatic rings. The van der Waals surface area contributed by atoms with Gasteiger partial charge < -0.3 is 11.1 Å². The first-order valence-corrected chi connectivity index (χ1v) is 5.35. The Labute approximate surface area is 100 Å². The van der Waals surface area contributed by atoms with Gasteiger partial charge in [0.2, 0.25) is 5.91 Å². The molecule has 1 aromatic rings. The molecule has 0 heterocycles. The van der Waals surface area contributed by atoms with Gasteiger partial charge >= 0.3 is 0 Å². The average Bonchev–Trinajstić information content (AvgIpc) is 2.31. The van der Waals surface area contributed by atoms with Gasteiger partial charge in [-0.1, -0.05) is 18.2 Å². The number of terminal acetylenes is 1. The van der Waals surface area contributed by atoms with Crippen molar-refractivity contribution >= 4 is 5.91 Å². The third kappa shape index (κ3) is 4.25. The predicted octanol–water partition coefficient (Wildman–Crippen LogP) is 0.835. The van der Waals surface area contributed by atoms with Crippen molar-refractivity contribution in [1.29, 1.82) is 0 Å². The molecule has 90 valence electrons. The molecular formula is C13H15FN2O. The summed E-state index contributed by atoms with van der Waals surface area (Å²) in [6, 6.07) is 5.76. The van der Waals surface area contributed by atoms with Crippen LogP contribution in [0.5, 0.6) is 0 Å². The maximum absolute atomic E-state index is 13.2. The normalized spacial score (nSPS) is 11.6. The van der Waals surface area contributed by atoms with Gasteiger partial charge in [0, 0.05) is 13.0 Å². The van der Waals surface area contributed by atoms with Crippen LogP contribution in [0.25, 0.3) is 0 Å². The van der Waals surface area contributed by atoms with Crippen molar-refractivity contribution in [2.75, 3.05) is 6.54 Å². The summed E-state index contributed by atoms with van der Waals surface area (Å²) in [5.74, 6) is 1.74. The van der Waals surface area contributed by atoms with Crippen molar-refractivity contribution < 1.29 is 9.18 Å². The highest BCUT2D eigenvalue weighted by atomic mass is 19.1. The smallest absolute Gasteiger partial charge is 0.237 e. The highest BCUT2D eigenvalue weighted by Crippen LogP contribution is 2.06. The number of nitrogens with two attached hydrogens (primary N) is 1. The Bertz CT molecular complexity index is 426. The van der Waals surface area contributed by atoms with Crippen LogP contribution in [0.4, 0.5) is 4.39 Å². The first-order valence-electron chi connectivity index (χ1n) is 5.35. The minimum absolute atomic E-state index is 0.200. The molecule has 17 heavy (non-hydrogen) atoms. The molecular weight excluding hydrogens is 219 g/mol. The van der Waals surface area contributed by atoms with Gasteiger partial charge in [-0.3, -0.25) is 4.79 Å². The van der Waals surface area contributed by atoms with E-state index in [0.717, 1.165) is 0 Å². The van der Waals surface area contributed by atoms with Gasteiger partial charge in [-0.15, -0.1) is 12.3 Å². The summed E-state index contributed by atoms with van der Waals surface area (Å²) < 4.78 is 13.2. The van der Waals surface area contributed by atoms with Crippen LogP contribution in [0.2, 0.25) is 0 Å². The molecule has 3 N–H and O–H groups in total. The van der Waals surface area contributed by atoms with Crippen molar-refractivity contribution in [3.63, 3.8) is 0 Å². The molecule has 0 spiro atoms. The SMILES string of the molecule is C#CCC(N)C(=O)NCCc1ccccc1F. The van der Waals surface area contributed by atoms with Crippen LogP contribution in [0.3, 0.4) is 0 Å². The van der Waals surface area contributed by atoms with Gasteiger partial charge in [0.15, 0.2) is 0 Å². The predicted molar refractivity (Wildman–Crippen MR) is 64.5 cm³/mol. The van der Waals surface area contributed by atoms with Gasteiger partial charge in [-0.25, -0.2) is 4.39 Å². The maximum atomic E-state index is 13.2. The lowest BCUT2D eigenvalue weighted by molar-refractivity contribution is -0.122. The van der Waals surface area contributed by atoms with Crippen LogP contribution >= 0.6 is 0 Å². The Morgan fingerprint density at radius 2 is 2.24 bits per heavy atom. The topological polar surface area (TPSA) is 55.1 Å². The van der Waals surface area contributed by atoms with E-state index in [1.807, 2.05) is 0 Å². The Morgan fingerprint density at radius 3 is 2.88 bits per heavy atom. The first kappa shape index (κ1) is 13.2. The second-order valence-corrected chi connectivity index (χ2v) is 3.65. The van der Waals surface area contributed by atoms with Crippen molar-refractivity contribution in [3.05, 3.63) is 35.6 Å². The van der Waals surface area contributed by atoms with Crippen LogP contribution in [0.15, 0.2) is 24.3 Å². The summed E-state index contributed by atoms with van der Waals surface area (Å²) >= 11 is 0. The van der Waals surface area contributed by atoms with E-state index in [2.05, 4.69) is 11.2 Å². The minimum atomic E-state index is -0.694. The highest BCUT2D eigenvalue weighted by molar-refractivity contribution is 5.81. The van der Waals surface area contributed by atoms with Crippen LogP contribution in [0, 0.1) is 18.2 Å². The molecule has 4 heteroatoms. The van der Waals surface area contributed by atoms with E-state index in [1.165, 1.54) is 6.07 Å². The number of halogens is 1. The third-order valence-corrected chi connectivity index (χ3v) is 2.33. The van der Waals surface area contributed by atoms with Crippen molar-refractivity contribution in [3.8, 4) is 12.3 Å². The number of carbonyl (C=O) groups excluding carboxylic acids is 1. The summed E-state index contributed by atoms with van der Waals surface area (Å²) in [4.78, 5) is 11.4. The van der Waals surface area contributed by atoms with Crippen molar-refractivity contribution in [2.24, 2.45) is 5.73 Å². The van der Waals surface area contributed by atoms with E-state index in [4.69, 9.17) is 12.2 Å². The van der Waals surface area contributed by atoms with Crippen LogP contribution in [0.1, 0.15) is 12.0 Å². The number of benzene rings is 1. The van der Waals surface area contributed by atoms with Crippen molar-refractivity contribution in [1.82, 2.24) is 5.32 Å². The minimum Gasteiger partial charge on any atom is -0.354 e. The summed E-state index contributed by atoms with van der Waals surface area (Å²) in [6.45, 7) is 0.345. The highest BCUT2D eigenvalue weighted by Gasteiger charge is 2.11. The molecule has 0 aromatic heterocycles. The molecule has 0 radical (unpaired) electrons. The Kier molecular flexibility index (Phi) is 5.18. The van der Waals surface area contributed by atoms with Gasteiger partial charge in [0.05, 0.1) is 6.04 Å². The van der Waals surface area contributed by atoms with Gasteiger partial charge in [0.1, 0.15) is 5.82 Å². The van der Waals surface area contributed by atoms with Crippen LogP contribution in [-0.4, -0.2) is 18.5 Å². The van der Waals surface area contributed by atoms with Gasteiger partial charge in [0.25, 0.3) is 0 Å². The lowest BCUT2D eigenvalue weighted by atomic mass is 10.1. The second kappa shape index (κ2) is 6.66. The lowest BCUT2D eigenvalue weighted by Gasteiger charge is -2.09. The quantitative estimate of drug-likeness (QED) is 0.742. The summed E-state index contributed by atoms with van der Waals surface area (Å²) in [5.41, 5.74) is 6.08. The Hall–Kier alpha value is -1.86. The number of hydrogen-bond acceptors (Lipinski definition) is 2. The fourth-order valence-corrected chi connectivity index (χ4v) is 1.37. The molecule has 0 aliphatic carbocycles. The maximum Gasteiger partial charge on any atom is 0.237 e. The standard InChI is InChI=1S/C13H15FN2O/c1-2-5-12(15)13(17)16-9-8-10-6-3-4-7-11(10)14/h1,3-4,6-7,12H,5,8-9,15H2,(H,16,17). The largest absolute Gasteiger partial charge is 0.354 e. The molecule has 1 atom stereocenters. The fourth-order valence-electron chi connectivity index (χ4n) is 1.37. The molecule has 1 unspecified atom stereocenters. The van der Waals surface area contributed by atoms with E-state index < -0.39 is 6.04 Å². The number of rotatable bonds is 5. The monoisotopic (exact) mass is 234 g/mol. The van der Waals surface area contributed by atoms with E-state index in [1.54, 1.807) is 18.2 Å². The molecule has 0 saturated heterocycles. The molecule has 0 aliphatic heterocycles. The summed E-state index contributed by atoms with van der Waals surface area (Å²) in [7, 11) is 0. The molecule has 0 saturated carbocycles. The number of nitrogens with one attached hydrogen (secondary N) is 1. The summed E-state index contributed by atoms with van der Waals surface area (Å²) in [6.07, 6.45) is 5.68. The Balaban J connectivity index is 2.36. The van der Waals surface area contributed by atoms with Gasteiger partial charge in [-0.05, 0) is 18.1 Å². The second-order valence-electron chi connectivity index (χ2n) is 3.65. The fraction of sp³-hybridized carbons (Fsp3) is 0.308. The van der Waals surface area contributed by atoms with E-state index in [0.29, 0.717) is 18.5 Å². The van der Waals surface area contributed by atoms with E-state index in [-0.39, 0.29) is 18.1 Å².